The summed E-state index contributed by atoms with van der Waals surface area (Å²) in [6.45, 7) is 10.2. The zero-order valence-corrected chi connectivity index (χ0v) is 11.8. The number of carbonyl (C=O) groups is 1. The first-order valence-corrected chi connectivity index (χ1v) is 7.46. The van der Waals surface area contributed by atoms with Gasteiger partial charge in [-0.3, -0.25) is 9.69 Å². The summed E-state index contributed by atoms with van der Waals surface area (Å²) in [5, 5.41) is 3.30. The molecule has 0 aromatic heterocycles. The van der Waals surface area contributed by atoms with Crippen LogP contribution >= 0.6 is 0 Å². The Kier molecular flexibility index (Phi) is 5.01. The van der Waals surface area contributed by atoms with Crippen molar-refractivity contribution in [2.24, 2.45) is 5.92 Å². The molecule has 2 heterocycles. The third kappa shape index (κ3) is 3.23. The summed E-state index contributed by atoms with van der Waals surface area (Å²) in [7, 11) is 0. The SMILES string of the molecule is CCC1CCCN(C(C)C(=O)N2CCNCC2)C1. The third-order valence-corrected chi connectivity index (χ3v) is 4.46. The Bertz CT molecular complexity index is 276. The highest BCUT2D eigenvalue weighted by Crippen LogP contribution is 2.21. The second kappa shape index (κ2) is 6.53. The number of amides is 1. The van der Waals surface area contributed by atoms with E-state index >= 15 is 0 Å². The minimum atomic E-state index is 0.0671. The Balaban J connectivity index is 1.88. The van der Waals surface area contributed by atoms with Gasteiger partial charge in [-0.15, -0.1) is 0 Å². The number of likely N-dealkylation sites (tertiary alicyclic amines) is 1. The molecule has 2 rings (SSSR count). The molecule has 2 aliphatic rings. The van der Waals surface area contributed by atoms with E-state index in [9.17, 15) is 4.79 Å². The predicted octanol–water partition coefficient (Wildman–Crippen LogP) is 0.929. The molecular formula is C14H27N3O. The van der Waals surface area contributed by atoms with Gasteiger partial charge < -0.3 is 10.2 Å². The normalized spacial score (nSPS) is 28.1. The van der Waals surface area contributed by atoms with Crippen LogP contribution in [0.3, 0.4) is 0 Å². The third-order valence-electron chi connectivity index (χ3n) is 4.46. The van der Waals surface area contributed by atoms with Crippen LogP contribution in [0.15, 0.2) is 0 Å². The van der Waals surface area contributed by atoms with E-state index in [1.165, 1.54) is 19.3 Å². The lowest BCUT2D eigenvalue weighted by Gasteiger charge is -2.38. The first-order chi connectivity index (χ1) is 8.72. The highest BCUT2D eigenvalue weighted by Gasteiger charge is 2.29. The minimum absolute atomic E-state index is 0.0671. The van der Waals surface area contributed by atoms with Crippen LogP contribution in [0, 0.1) is 5.92 Å². The Hall–Kier alpha value is -0.610. The molecule has 2 aliphatic heterocycles. The molecule has 0 aromatic rings. The summed E-state index contributed by atoms with van der Waals surface area (Å²) < 4.78 is 0. The van der Waals surface area contributed by atoms with Crippen molar-refractivity contribution >= 4 is 5.91 Å². The van der Waals surface area contributed by atoms with Gasteiger partial charge in [0.15, 0.2) is 0 Å². The van der Waals surface area contributed by atoms with Crippen molar-refractivity contribution in [2.45, 2.75) is 39.2 Å². The van der Waals surface area contributed by atoms with Gasteiger partial charge in [-0.2, -0.15) is 0 Å². The molecule has 0 aromatic carbocycles. The number of rotatable bonds is 3. The zero-order chi connectivity index (χ0) is 13.0. The average molecular weight is 253 g/mol. The van der Waals surface area contributed by atoms with Gasteiger partial charge in [0.05, 0.1) is 6.04 Å². The van der Waals surface area contributed by atoms with Gasteiger partial charge in [-0.25, -0.2) is 0 Å². The summed E-state index contributed by atoms with van der Waals surface area (Å²) in [5.41, 5.74) is 0. The molecule has 1 amide bonds. The molecule has 18 heavy (non-hydrogen) atoms. The highest BCUT2D eigenvalue weighted by molar-refractivity contribution is 5.81. The molecule has 2 unspecified atom stereocenters. The van der Waals surface area contributed by atoms with E-state index in [0.717, 1.165) is 45.2 Å². The summed E-state index contributed by atoms with van der Waals surface area (Å²) in [4.78, 5) is 16.9. The maximum absolute atomic E-state index is 12.4. The van der Waals surface area contributed by atoms with Crippen LogP contribution in [0.25, 0.3) is 0 Å². The van der Waals surface area contributed by atoms with Crippen LogP contribution in [0.4, 0.5) is 0 Å². The van der Waals surface area contributed by atoms with Crippen LogP contribution in [0.2, 0.25) is 0 Å². The molecular weight excluding hydrogens is 226 g/mol. The number of carbonyl (C=O) groups excluding carboxylic acids is 1. The molecule has 0 saturated carbocycles. The Labute approximate surface area is 111 Å². The predicted molar refractivity (Wildman–Crippen MR) is 73.5 cm³/mol. The van der Waals surface area contributed by atoms with Gasteiger partial charge in [-0.05, 0) is 32.2 Å². The monoisotopic (exact) mass is 253 g/mol. The molecule has 1 N–H and O–H groups in total. The van der Waals surface area contributed by atoms with Crippen LogP contribution in [-0.4, -0.2) is 61.0 Å². The van der Waals surface area contributed by atoms with Crippen molar-refractivity contribution in [3.05, 3.63) is 0 Å². The summed E-state index contributed by atoms with van der Waals surface area (Å²) in [6.07, 6.45) is 3.82. The number of nitrogens with zero attached hydrogens (tertiary/aromatic N) is 2. The molecule has 0 radical (unpaired) electrons. The summed E-state index contributed by atoms with van der Waals surface area (Å²) in [5.74, 6) is 1.12. The maximum atomic E-state index is 12.4. The van der Waals surface area contributed by atoms with Gasteiger partial charge in [0, 0.05) is 32.7 Å². The summed E-state index contributed by atoms with van der Waals surface area (Å²) in [6, 6.07) is 0.0671. The minimum Gasteiger partial charge on any atom is -0.339 e. The molecule has 2 saturated heterocycles. The van der Waals surface area contributed by atoms with Crippen LogP contribution in [0.5, 0.6) is 0 Å². The lowest BCUT2D eigenvalue weighted by Crippen LogP contribution is -2.54. The van der Waals surface area contributed by atoms with E-state index < -0.39 is 0 Å². The Morgan fingerprint density at radius 1 is 1.33 bits per heavy atom. The largest absolute Gasteiger partial charge is 0.339 e. The maximum Gasteiger partial charge on any atom is 0.239 e. The topological polar surface area (TPSA) is 35.6 Å². The van der Waals surface area contributed by atoms with Crippen LogP contribution < -0.4 is 5.32 Å². The molecule has 0 bridgehead atoms. The number of piperidine rings is 1. The smallest absolute Gasteiger partial charge is 0.239 e. The number of hydrogen-bond donors (Lipinski definition) is 1. The summed E-state index contributed by atoms with van der Waals surface area (Å²) >= 11 is 0. The average Bonchev–Trinajstić information content (AvgIpc) is 2.46. The van der Waals surface area contributed by atoms with Gasteiger partial charge in [0.25, 0.3) is 0 Å². The Morgan fingerprint density at radius 3 is 2.72 bits per heavy atom. The molecule has 2 atom stereocenters. The fraction of sp³-hybridized carbons (Fsp3) is 0.929. The van der Waals surface area contributed by atoms with E-state index in [2.05, 4.69) is 24.1 Å². The van der Waals surface area contributed by atoms with Gasteiger partial charge in [0.2, 0.25) is 5.91 Å². The molecule has 104 valence electrons. The van der Waals surface area contributed by atoms with Gasteiger partial charge in [0.1, 0.15) is 0 Å². The van der Waals surface area contributed by atoms with Crippen molar-refractivity contribution < 1.29 is 4.79 Å². The van der Waals surface area contributed by atoms with Crippen LogP contribution in [-0.2, 0) is 4.79 Å². The van der Waals surface area contributed by atoms with Crippen molar-refractivity contribution in [3.63, 3.8) is 0 Å². The van der Waals surface area contributed by atoms with E-state index in [0.29, 0.717) is 5.91 Å². The number of hydrogen-bond acceptors (Lipinski definition) is 3. The first kappa shape index (κ1) is 13.8. The molecule has 0 spiro atoms. The van der Waals surface area contributed by atoms with Crippen molar-refractivity contribution in [3.8, 4) is 0 Å². The van der Waals surface area contributed by atoms with Crippen molar-refractivity contribution in [2.75, 3.05) is 39.3 Å². The molecule has 0 aliphatic carbocycles. The van der Waals surface area contributed by atoms with Gasteiger partial charge in [-0.1, -0.05) is 13.3 Å². The van der Waals surface area contributed by atoms with Gasteiger partial charge >= 0.3 is 0 Å². The quantitative estimate of drug-likeness (QED) is 0.813. The first-order valence-electron chi connectivity index (χ1n) is 7.46. The zero-order valence-electron chi connectivity index (χ0n) is 11.8. The van der Waals surface area contributed by atoms with E-state index in [-0.39, 0.29) is 6.04 Å². The number of nitrogens with one attached hydrogen (secondary N) is 1. The van der Waals surface area contributed by atoms with Crippen molar-refractivity contribution in [1.29, 1.82) is 0 Å². The lowest BCUT2D eigenvalue weighted by atomic mass is 9.94. The molecule has 4 nitrogen and oxygen atoms in total. The van der Waals surface area contributed by atoms with Crippen molar-refractivity contribution in [1.82, 2.24) is 15.1 Å². The fourth-order valence-corrected chi connectivity index (χ4v) is 3.09. The number of piperazine rings is 1. The lowest BCUT2D eigenvalue weighted by molar-refractivity contribution is -0.137. The standard InChI is InChI=1S/C14H27N3O/c1-3-13-5-4-8-17(11-13)12(2)14(18)16-9-6-15-7-10-16/h12-13,15H,3-11H2,1-2H3. The van der Waals surface area contributed by atoms with Crippen LogP contribution in [0.1, 0.15) is 33.1 Å². The highest BCUT2D eigenvalue weighted by atomic mass is 16.2. The molecule has 4 heteroatoms. The molecule has 2 fully saturated rings. The van der Waals surface area contributed by atoms with E-state index in [1.54, 1.807) is 0 Å². The van der Waals surface area contributed by atoms with E-state index in [4.69, 9.17) is 0 Å². The Morgan fingerprint density at radius 2 is 2.06 bits per heavy atom. The second-order valence-corrected chi connectivity index (χ2v) is 5.66. The second-order valence-electron chi connectivity index (χ2n) is 5.66. The van der Waals surface area contributed by atoms with E-state index in [1.807, 2.05) is 4.90 Å². The fourth-order valence-electron chi connectivity index (χ4n) is 3.09.